The van der Waals surface area contributed by atoms with Crippen LogP contribution in [-0.4, -0.2) is 12.5 Å². The van der Waals surface area contributed by atoms with Crippen molar-refractivity contribution in [3.63, 3.8) is 0 Å². The van der Waals surface area contributed by atoms with Gasteiger partial charge in [0.15, 0.2) is 0 Å². The van der Waals surface area contributed by atoms with Crippen molar-refractivity contribution in [2.75, 3.05) is 6.54 Å². The molecule has 0 fully saturated rings. The third kappa shape index (κ3) is 6.70. The van der Waals surface area contributed by atoms with E-state index in [1.165, 1.54) is 11.1 Å². The molecule has 0 saturated carbocycles. The SMILES string of the molecule is CCCCNC(=O)CC(SCc1ccccc1)c1ccc(Br)cc1. The van der Waals surface area contributed by atoms with Crippen LogP contribution in [0.5, 0.6) is 0 Å². The number of unbranched alkanes of at least 4 members (excludes halogenated alkanes) is 1. The first kappa shape index (κ1) is 19.1. The van der Waals surface area contributed by atoms with Gasteiger partial charge in [0, 0.05) is 28.4 Å². The monoisotopic (exact) mass is 405 g/mol. The maximum absolute atomic E-state index is 12.2. The van der Waals surface area contributed by atoms with Crippen LogP contribution in [0.2, 0.25) is 0 Å². The number of benzene rings is 2. The van der Waals surface area contributed by atoms with Crippen molar-refractivity contribution >= 4 is 33.6 Å². The fourth-order valence-electron chi connectivity index (χ4n) is 2.37. The summed E-state index contributed by atoms with van der Waals surface area (Å²) in [6, 6.07) is 18.7. The van der Waals surface area contributed by atoms with Crippen LogP contribution in [0.1, 0.15) is 42.6 Å². The molecule has 0 saturated heterocycles. The van der Waals surface area contributed by atoms with Crippen LogP contribution in [0.3, 0.4) is 0 Å². The highest BCUT2D eigenvalue weighted by Gasteiger charge is 2.16. The standard InChI is InChI=1S/C20H24BrNOS/c1-2-3-13-22-20(23)14-19(17-9-11-18(21)12-10-17)24-15-16-7-5-4-6-8-16/h4-12,19H,2-3,13-15H2,1H3,(H,22,23). The number of amides is 1. The molecule has 24 heavy (non-hydrogen) atoms. The van der Waals surface area contributed by atoms with Crippen molar-refractivity contribution in [3.8, 4) is 0 Å². The number of hydrogen-bond donors (Lipinski definition) is 1. The third-order valence-electron chi connectivity index (χ3n) is 3.76. The molecular weight excluding hydrogens is 382 g/mol. The zero-order valence-electron chi connectivity index (χ0n) is 14.0. The van der Waals surface area contributed by atoms with Gasteiger partial charge in [0.25, 0.3) is 0 Å². The van der Waals surface area contributed by atoms with E-state index in [0.717, 1.165) is 29.6 Å². The zero-order chi connectivity index (χ0) is 17.2. The summed E-state index contributed by atoms with van der Waals surface area (Å²) in [5.74, 6) is 1.04. The summed E-state index contributed by atoms with van der Waals surface area (Å²) in [6.45, 7) is 2.90. The Morgan fingerprint density at radius 3 is 2.50 bits per heavy atom. The van der Waals surface area contributed by atoms with Crippen LogP contribution in [0.4, 0.5) is 0 Å². The second-order valence-corrected chi connectivity index (χ2v) is 7.85. The molecule has 4 heteroatoms. The number of hydrogen-bond acceptors (Lipinski definition) is 2. The average molecular weight is 406 g/mol. The highest BCUT2D eigenvalue weighted by Crippen LogP contribution is 2.35. The highest BCUT2D eigenvalue weighted by atomic mass is 79.9. The van der Waals surface area contributed by atoms with E-state index in [1.807, 2.05) is 30.0 Å². The highest BCUT2D eigenvalue weighted by molar-refractivity contribution is 9.10. The number of nitrogens with one attached hydrogen (secondary N) is 1. The molecular formula is C20H24BrNOS. The molecule has 128 valence electrons. The minimum atomic E-state index is 0.136. The molecule has 2 aromatic carbocycles. The Bertz CT molecular complexity index is 615. The Hall–Kier alpha value is -1.26. The fourth-order valence-corrected chi connectivity index (χ4v) is 3.84. The summed E-state index contributed by atoms with van der Waals surface area (Å²) < 4.78 is 1.06. The first-order valence-electron chi connectivity index (χ1n) is 8.36. The van der Waals surface area contributed by atoms with Crippen LogP contribution >= 0.6 is 27.7 Å². The molecule has 1 amide bonds. The summed E-state index contributed by atoms with van der Waals surface area (Å²) in [5.41, 5.74) is 2.49. The summed E-state index contributed by atoms with van der Waals surface area (Å²) in [5, 5.41) is 3.20. The van der Waals surface area contributed by atoms with Crippen molar-refractivity contribution in [1.29, 1.82) is 0 Å². The van der Waals surface area contributed by atoms with Gasteiger partial charge in [0.2, 0.25) is 5.91 Å². The van der Waals surface area contributed by atoms with Crippen LogP contribution in [0.25, 0.3) is 0 Å². The van der Waals surface area contributed by atoms with Crippen molar-refractivity contribution in [3.05, 3.63) is 70.2 Å². The Balaban J connectivity index is 2.00. The van der Waals surface area contributed by atoms with Gasteiger partial charge in [-0.25, -0.2) is 0 Å². The van der Waals surface area contributed by atoms with Crippen LogP contribution in [-0.2, 0) is 10.5 Å². The van der Waals surface area contributed by atoms with Gasteiger partial charge >= 0.3 is 0 Å². The van der Waals surface area contributed by atoms with E-state index in [9.17, 15) is 4.79 Å². The van der Waals surface area contributed by atoms with Gasteiger partial charge in [-0.2, -0.15) is 0 Å². The van der Waals surface area contributed by atoms with Crippen molar-refractivity contribution in [1.82, 2.24) is 5.32 Å². The Kier molecular flexibility index (Phi) is 8.40. The van der Waals surface area contributed by atoms with E-state index in [4.69, 9.17) is 0 Å². The van der Waals surface area contributed by atoms with E-state index < -0.39 is 0 Å². The topological polar surface area (TPSA) is 29.1 Å². The number of rotatable bonds is 9. The van der Waals surface area contributed by atoms with E-state index in [1.54, 1.807) is 0 Å². The van der Waals surface area contributed by atoms with Gasteiger partial charge in [0.05, 0.1) is 0 Å². The molecule has 0 spiro atoms. The molecule has 0 heterocycles. The summed E-state index contributed by atoms with van der Waals surface area (Å²) in [4.78, 5) is 12.2. The van der Waals surface area contributed by atoms with Crippen molar-refractivity contribution in [2.45, 2.75) is 37.2 Å². The third-order valence-corrected chi connectivity index (χ3v) is 5.63. The van der Waals surface area contributed by atoms with Gasteiger partial charge in [0.1, 0.15) is 0 Å². The van der Waals surface area contributed by atoms with Gasteiger partial charge in [-0.15, -0.1) is 11.8 Å². The minimum Gasteiger partial charge on any atom is -0.356 e. The lowest BCUT2D eigenvalue weighted by Gasteiger charge is -2.17. The molecule has 0 radical (unpaired) electrons. The molecule has 2 aromatic rings. The van der Waals surface area contributed by atoms with Gasteiger partial charge < -0.3 is 5.32 Å². The normalized spacial score (nSPS) is 11.9. The number of thioether (sulfide) groups is 1. The van der Waals surface area contributed by atoms with Gasteiger partial charge in [-0.1, -0.05) is 71.7 Å². The smallest absolute Gasteiger partial charge is 0.221 e. The lowest BCUT2D eigenvalue weighted by molar-refractivity contribution is -0.121. The average Bonchev–Trinajstić information content (AvgIpc) is 2.60. The Morgan fingerprint density at radius 2 is 1.83 bits per heavy atom. The number of carbonyl (C=O) groups is 1. The van der Waals surface area contributed by atoms with Crippen molar-refractivity contribution in [2.24, 2.45) is 0 Å². The second-order valence-electron chi connectivity index (χ2n) is 5.74. The van der Waals surface area contributed by atoms with Gasteiger partial charge in [-0.05, 0) is 29.7 Å². The molecule has 1 atom stereocenters. The Labute approximate surface area is 157 Å². The molecule has 1 unspecified atom stereocenters. The maximum atomic E-state index is 12.2. The molecule has 0 aliphatic rings. The second kappa shape index (κ2) is 10.6. The summed E-state index contributed by atoms with van der Waals surface area (Å²) in [7, 11) is 0. The largest absolute Gasteiger partial charge is 0.356 e. The quantitative estimate of drug-likeness (QED) is 0.539. The number of halogens is 1. The predicted octanol–water partition coefficient (Wildman–Crippen LogP) is 5.73. The molecule has 0 aromatic heterocycles. The summed E-state index contributed by atoms with van der Waals surface area (Å²) in [6.07, 6.45) is 2.65. The van der Waals surface area contributed by atoms with E-state index in [2.05, 4.69) is 64.6 Å². The predicted molar refractivity (Wildman–Crippen MR) is 107 cm³/mol. The zero-order valence-corrected chi connectivity index (χ0v) is 16.4. The molecule has 2 rings (SSSR count). The van der Waals surface area contributed by atoms with Gasteiger partial charge in [-0.3, -0.25) is 4.79 Å². The minimum absolute atomic E-state index is 0.136. The Morgan fingerprint density at radius 1 is 1.12 bits per heavy atom. The first-order valence-corrected chi connectivity index (χ1v) is 10.2. The molecule has 0 aliphatic carbocycles. The molecule has 1 N–H and O–H groups in total. The molecule has 0 bridgehead atoms. The van der Waals surface area contributed by atoms with Crippen LogP contribution in [0.15, 0.2) is 59.1 Å². The fraction of sp³-hybridized carbons (Fsp3) is 0.350. The van der Waals surface area contributed by atoms with Crippen LogP contribution in [0, 0.1) is 0 Å². The lowest BCUT2D eigenvalue weighted by atomic mass is 10.1. The maximum Gasteiger partial charge on any atom is 0.221 e. The van der Waals surface area contributed by atoms with E-state index in [0.29, 0.717) is 6.42 Å². The van der Waals surface area contributed by atoms with Crippen LogP contribution < -0.4 is 5.32 Å². The lowest BCUT2D eigenvalue weighted by Crippen LogP contribution is -2.25. The molecule has 2 nitrogen and oxygen atoms in total. The summed E-state index contributed by atoms with van der Waals surface area (Å²) >= 11 is 5.30. The number of carbonyl (C=O) groups excluding carboxylic acids is 1. The molecule has 0 aliphatic heterocycles. The van der Waals surface area contributed by atoms with E-state index >= 15 is 0 Å². The van der Waals surface area contributed by atoms with Crippen molar-refractivity contribution < 1.29 is 4.79 Å². The van der Waals surface area contributed by atoms with E-state index in [-0.39, 0.29) is 11.2 Å². The first-order chi connectivity index (χ1) is 11.7.